The molecule has 0 radical (unpaired) electrons. The van der Waals surface area contributed by atoms with Gasteiger partial charge >= 0.3 is 5.97 Å². The van der Waals surface area contributed by atoms with E-state index in [1.54, 1.807) is 31.2 Å². The summed E-state index contributed by atoms with van der Waals surface area (Å²) in [5, 5.41) is 0. The van der Waals surface area contributed by atoms with Crippen molar-refractivity contribution in [2.75, 3.05) is 4.90 Å². The molecule has 0 spiro atoms. The third kappa shape index (κ3) is 5.93. The van der Waals surface area contributed by atoms with Crippen molar-refractivity contribution in [2.24, 2.45) is 0 Å². The monoisotopic (exact) mass is 499 g/mol. The molecule has 0 saturated carbocycles. The highest BCUT2D eigenvalue weighted by molar-refractivity contribution is 5.78. The molecule has 0 N–H and O–H groups in total. The lowest BCUT2D eigenvalue weighted by Gasteiger charge is -2.26. The molecular weight excluding hydrogens is 470 g/mol. The van der Waals surface area contributed by atoms with Crippen molar-refractivity contribution in [3.63, 3.8) is 0 Å². The van der Waals surface area contributed by atoms with E-state index in [2.05, 4.69) is 96.8 Å². The molecular formula is C34H29NO3. The molecule has 0 fully saturated rings. The number of anilines is 3. The Bertz CT molecular complexity index is 1480. The fourth-order valence-electron chi connectivity index (χ4n) is 4.15. The van der Waals surface area contributed by atoms with Crippen LogP contribution in [0, 0.1) is 6.92 Å². The highest BCUT2D eigenvalue weighted by atomic mass is 16.5. The van der Waals surface area contributed by atoms with Gasteiger partial charge in [0.05, 0.1) is 0 Å². The Morgan fingerprint density at radius 1 is 0.579 bits per heavy atom. The molecule has 4 nitrogen and oxygen atoms in total. The maximum atomic E-state index is 11.5. The summed E-state index contributed by atoms with van der Waals surface area (Å²) in [7, 11) is 0. The van der Waals surface area contributed by atoms with Gasteiger partial charge in [-0.15, -0.1) is 0 Å². The van der Waals surface area contributed by atoms with Crippen LogP contribution in [0.2, 0.25) is 0 Å². The number of carbonyl (C=O) groups excluding carboxylic acids is 1. The topological polar surface area (TPSA) is 38.8 Å². The molecule has 0 saturated heterocycles. The first-order valence-corrected chi connectivity index (χ1v) is 12.7. The van der Waals surface area contributed by atoms with Crippen LogP contribution in [0.25, 0.3) is 11.1 Å². The highest BCUT2D eigenvalue weighted by Gasteiger charge is 2.13. The van der Waals surface area contributed by atoms with E-state index in [0.717, 1.165) is 22.8 Å². The van der Waals surface area contributed by atoms with Crippen LogP contribution in [0.5, 0.6) is 17.2 Å². The first-order chi connectivity index (χ1) is 18.6. The number of esters is 1. The zero-order valence-corrected chi connectivity index (χ0v) is 21.5. The second-order valence-corrected chi connectivity index (χ2v) is 8.98. The zero-order valence-electron chi connectivity index (χ0n) is 21.5. The normalized spacial score (nSPS) is 10.6. The molecule has 188 valence electrons. The average molecular weight is 500 g/mol. The molecule has 0 atom stereocenters. The van der Waals surface area contributed by atoms with E-state index in [0.29, 0.717) is 17.9 Å². The SMILES string of the molecule is CCC(=O)Oc1ccc(Oc2ccc(N(c3ccc(C)cc3)c3ccc(-c4ccccc4)cc3)cc2)cc1. The highest BCUT2D eigenvalue weighted by Crippen LogP contribution is 2.37. The van der Waals surface area contributed by atoms with Gasteiger partial charge in [0.15, 0.2) is 0 Å². The standard InChI is InChI=1S/C34H29NO3/c1-3-34(36)38-33-23-21-32(22-24-33)37-31-19-17-30(18-20-31)35(28-13-9-25(2)10-14-28)29-15-11-27(12-16-29)26-7-5-4-6-8-26/h4-24H,3H2,1-2H3. The maximum Gasteiger partial charge on any atom is 0.310 e. The Labute approximate surface area is 223 Å². The van der Waals surface area contributed by atoms with Gasteiger partial charge < -0.3 is 14.4 Å². The summed E-state index contributed by atoms with van der Waals surface area (Å²) in [6, 6.07) is 42.6. The van der Waals surface area contributed by atoms with E-state index in [9.17, 15) is 4.79 Å². The lowest BCUT2D eigenvalue weighted by molar-refractivity contribution is -0.134. The van der Waals surface area contributed by atoms with Crippen molar-refractivity contribution in [3.05, 3.63) is 133 Å². The first-order valence-electron chi connectivity index (χ1n) is 12.7. The Kier molecular flexibility index (Phi) is 7.51. The number of benzene rings is 5. The number of hydrogen-bond acceptors (Lipinski definition) is 4. The van der Waals surface area contributed by atoms with Crippen molar-refractivity contribution >= 4 is 23.0 Å². The fraction of sp³-hybridized carbons (Fsp3) is 0.0882. The van der Waals surface area contributed by atoms with Crippen LogP contribution in [0.1, 0.15) is 18.9 Å². The summed E-state index contributed by atoms with van der Waals surface area (Å²) in [6.45, 7) is 3.86. The first kappa shape index (κ1) is 24.8. The number of hydrogen-bond donors (Lipinski definition) is 0. The third-order valence-corrected chi connectivity index (χ3v) is 6.20. The molecule has 5 aromatic carbocycles. The molecule has 0 aliphatic rings. The predicted molar refractivity (Wildman–Crippen MR) is 154 cm³/mol. The number of rotatable bonds is 8. The minimum Gasteiger partial charge on any atom is -0.457 e. The van der Waals surface area contributed by atoms with Gasteiger partial charge in [-0.3, -0.25) is 4.79 Å². The summed E-state index contributed by atoms with van der Waals surface area (Å²) in [4.78, 5) is 13.7. The van der Waals surface area contributed by atoms with Crippen molar-refractivity contribution in [3.8, 4) is 28.4 Å². The van der Waals surface area contributed by atoms with E-state index in [1.807, 2.05) is 18.2 Å². The van der Waals surface area contributed by atoms with Gasteiger partial charge in [0, 0.05) is 23.5 Å². The van der Waals surface area contributed by atoms with Gasteiger partial charge in [-0.05, 0) is 90.8 Å². The summed E-state index contributed by atoms with van der Waals surface area (Å²) in [5.74, 6) is 1.63. The van der Waals surface area contributed by atoms with Gasteiger partial charge in [0.1, 0.15) is 17.2 Å². The van der Waals surface area contributed by atoms with Crippen LogP contribution in [0.3, 0.4) is 0 Å². The van der Waals surface area contributed by atoms with E-state index >= 15 is 0 Å². The Morgan fingerprint density at radius 3 is 1.58 bits per heavy atom. The van der Waals surface area contributed by atoms with Crippen LogP contribution in [-0.2, 0) is 4.79 Å². The van der Waals surface area contributed by atoms with E-state index in [-0.39, 0.29) is 5.97 Å². The maximum absolute atomic E-state index is 11.5. The molecule has 0 unspecified atom stereocenters. The number of nitrogens with zero attached hydrogens (tertiary/aromatic N) is 1. The van der Waals surface area contributed by atoms with Crippen LogP contribution in [-0.4, -0.2) is 5.97 Å². The van der Waals surface area contributed by atoms with Crippen LogP contribution in [0.15, 0.2) is 127 Å². The minimum atomic E-state index is -0.262. The molecule has 38 heavy (non-hydrogen) atoms. The fourth-order valence-corrected chi connectivity index (χ4v) is 4.15. The Hall–Kier alpha value is -4.83. The smallest absolute Gasteiger partial charge is 0.310 e. The van der Waals surface area contributed by atoms with Gasteiger partial charge in [0.2, 0.25) is 0 Å². The summed E-state index contributed by atoms with van der Waals surface area (Å²) in [6.07, 6.45) is 0.335. The number of aryl methyl sites for hydroxylation is 1. The predicted octanol–water partition coefficient (Wildman–Crippen LogP) is 9.24. The summed E-state index contributed by atoms with van der Waals surface area (Å²) < 4.78 is 11.3. The third-order valence-electron chi connectivity index (χ3n) is 6.20. The number of ether oxygens (including phenoxy) is 2. The lowest BCUT2D eigenvalue weighted by Crippen LogP contribution is -2.09. The average Bonchev–Trinajstić information content (AvgIpc) is 2.97. The Morgan fingerprint density at radius 2 is 1.03 bits per heavy atom. The second-order valence-electron chi connectivity index (χ2n) is 8.98. The van der Waals surface area contributed by atoms with Crippen LogP contribution < -0.4 is 14.4 Å². The number of carbonyl (C=O) groups is 1. The molecule has 0 aliphatic carbocycles. The molecule has 0 aromatic heterocycles. The largest absolute Gasteiger partial charge is 0.457 e. The molecule has 5 aromatic rings. The van der Waals surface area contributed by atoms with Crippen molar-refractivity contribution in [1.82, 2.24) is 0 Å². The van der Waals surface area contributed by atoms with E-state index < -0.39 is 0 Å². The van der Waals surface area contributed by atoms with Crippen molar-refractivity contribution in [1.29, 1.82) is 0 Å². The van der Waals surface area contributed by atoms with Gasteiger partial charge in [0.25, 0.3) is 0 Å². The van der Waals surface area contributed by atoms with Gasteiger partial charge in [-0.1, -0.05) is 67.1 Å². The Balaban J connectivity index is 1.39. The van der Waals surface area contributed by atoms with Crippen LogP contribution in [0.4, 0.5) is 17.1 Å². The second kappa shape index (κ2) is 11.5. The molecule has 0 bridgehead atoms. The van der Waals surface area contributed by atoms with Gasteiger partial charge in [-0.25, -0.2) is 0 Å². The zero-order chi connectivity index (χ0) is 26.3. The molecule has 0 heterocycles. The summed E-state index contributed by atoms with van der Waals surface area (Å²) in [5.41, 5.74) is 6.76. The quantitative estimate of drug-likeness (QED) is 0.158. The molecule has 5 rings (SSSR count). The minimum absolute atomic E-state index is 0.262. The van der Waals surface area contributed by atoms with Crippen molar-refractivity contribution < 1.29 is 14.3 Å². The van der Waals surface area contributed by atoms with Crippen molar-refractivity contribution in [2.45, 2.75) is 20.3 Å². The molecule has 4 heteroatoms. The van der Waals surface area contributed by atoms with E-state index in [4.69, 9.17) is 9.47 Å². The molecule has 0 aliphatic heterocycles. The molecule has 0 amide bonds. The summed E-state index contributed by atoms with van der Waals surface area (Å²) >= 11 is 0. The van der Waals surface area contributed by atoms with Crippen LogP contribution >= 0.6 is 0 Å². The van der Waals surface area contributed by atoms with E-state index in [1.165, 1.54) is 16.7 Å². The van der Waals surface area contributed by atoms with Gasteiger partial charge in [-0.2, -0.15) is 0 Å². The lowest BCUT2D eigenvalue weighted by atomic mass is 10.0.